The highest BCUT2D eigenvalue weighted by molar-refractivity contribution is 7.17. The van der Waals surface area contributed by atoms with Crippen molar-refractivity contribution in [2.45, 2.75) is 6.54 Å². The number of rotatable bonds is 1. The molecule has 0 aliphatic rings. The second-order valence-electron chi connectivity index (χ2n) is 2.51. The molecule has 0 atom stereocenters. The van der Waals surface area contributed by atoms with Gasteiger partial charge in [-0.05, 0) is 17.0 Å². The predicted octanol–water partition coefficient (Wildman–Crippen LogP) is 1.05. The van der Waals surface area contributed by atoms with E-state index in [0.29, 0.717) is 6.54 Å². The third kappa shape index (κ3) is 0.964. The highest BCUT2D eigenvalue weighted by Crippen LogP contribution is 2.20. The van der Waals surface area contributed by atoms with Crippen molar-refractivity contribution in [1.82, 2.24) is 4.98 Å². The van der Waals surface area contributed by atoms with Crippen molar-refractivity contribution in [2.24, 2.45) is 5.73 Å². The summed E-state index contributed by atoms with van der Waals surface area (Å²) in [5.74, 6) is 0. The Morgan fingerprint density at radius 1 is 1.58 bits per heavy atom. The van der Waals surface area contributed by atoms with E-state index in [1.165, 1.54) is 0 Å². The van der Waals surface area contributed by atoms with Crippen LogP contribution in [0.1, 0.15) is 5.56 Å². The minimum absolute atomic E-state index is 0.0385. The molecule has 0 amide bonds. The molecule has 62 valence electrons. The molecule has 2 aromatic heterocycles. The van der Waals surface area contributed by atoms with Gasteiger partial charge in [0, 0.05) is 17.4 Å². The number of hydrogen-bond acceptors (Lipinski definition) is 3. The molecular formula is C8H8N2OS. The fraction of sp³-hybridized carbons (Fsp3) is 0.125. The van der Waals surface area contributed by atoms with E-state index in [0.717, 1.165) is 15.6 Å². The van der Waals surface area contributed by atoms with Crippen LogP contribution in [0.15, 0.2) is 22.4 Å². The lowest BCUT2D eigenvalue weighted by Gasteiger charge is -1.96. The largest absolute Gasteiger partial charge is 0.328 e. The minimum Gasteiger partial charge on any atom is -0.328 e. The van der Waals surface area contributed by atoms with E-state index in [9.17, 15) is 4.79 Å². The zero-order chi connectivity index (χ0) is 8.55. The fourth-order valence-electron chi connectivity index (χ4n) is 1.18. The summed E-state index contributed by atoms with van der Waals surface area (Å²) in [6.45, 7) is 0.466. The maximum absolute atomic E-state index is 11.2. The van der Waals surface area contributed by atoms with Crippen molar-refractivity contribution in [3.8, 4) is 0 Å². The summed E-state index contributed by atoms with van der Waals surface area (Å²) >= 11 is 1.55. The van der Waals surface area contributed by atoms with Crippen LogP contribution < -0.4 is 11.3 Å². The Balaban J connectivity index is 2.92. The van der Waals surface area contributed by atoms with Crippen LogP contribution in [0.2, 0.25) is 0 Å². The smallest absolute Gasteiger partial charge is 0.256 e. The van der Waals surface area contributed by atoms with Gasteiger partial charge >= 0.3 is 0 Å². The van der Waals surface area contributed by atoms with Gasteiger partial charge in [0.15, 0.2) is 0 Å². The number of pyridine rings is 1. The Kier molecular flexibility index (Phi) is 1.71. The first-order chi connectivity index (χ1) is 5.83. The van der Waals surface area contributed by atoms with Gasteiger partial charge in [0.25, 0.3) is 5.56 Å². The molecule has 4 heteroatoms. The third-order valence-electron chi connectivity index (χ3n) is 1.80. The molecule has 2 heterocycles. The zero-order valence-electron chi connectivity index (χ0n) is 6.33. The molecule has 0 unspecified atom stereocenters. The fourth-order valence-corrected chi connectivity index (χ4v) is 2.11. The van der Waals surface area contributed by atoms with E-state index in [1.54, 1.807) is 17.5 Å². The van der Waals surface area contributed by atoms with Crippen molar-refractivity contribution in [2.75, 3.05) is 0 Å². The van der Waals surface area contributed by atoms with Crippen molar-refractivity contribution in [3.05, 3.63) is 33.6 Å². The van der Waals surface area contributed by atoms with E-state index in [-0.39, 0.29) is 5.56 Å². The Hall–Kier alpha value is -1.13. The number of aromatic amines is 1. The average molecular weight is 180 g/mol. The first-order valence-corrected chi connectivity index (χ1v) is 4.48. The van der Waals surface area contributed by atoms with Crippen LogP contribution in [0.4, 0.5) is 0 Å². The molecule has 12 heavy (non-hydrogen) atoms. The van der Waals surface area contributed by atoms with E-state index in [2.05, 4.69) is 4.98 Å². The topological polar surface area (TPSA) is 58.9 Å². The van der Waals surface area contributed by atoms with Gasteiger partial charge in [0.1, 0.15) is 0 Å². The Morgan fingerprint density at radius 3 is 3.17 bits per heavy atom. The zero-order valence-corrected chi connectivity index (χ0v) is 7.15. The molecule has 0 spiro atoms. The molecule has 3 nitrogen and oxygen atoms in total. The van der Waals surface area contributed by atoms with Crippen LogP contribution >= 0.6 is 11.3 Å². The molecule has 0 aromatic carbocycles. The summed E-state index contributed by atoms with van der Waals surface area (Å²) in [7, 11) is 0. The lowest BCUT2D eigenvalue weighted by atomic mass is 10.2. The maximum Gasteiger partial charge on any atom is 0.256 e. The van der Waals surface area contributed by atoms with E-state index in [1.807, 2.05) is 11.4 Å². The predicted molar refractivity (Wildman–Crippen MR) is 50.3 cm³/mol. The molecule has 0 saturated heterocycles. The normalized spacial score (nSPS) is 10.8. The number of nitrogens with one attached hydrogen (secondary N) is 1. The number of fused-ring (bicyclic) bond motifs is 1. The third-order valence-corrected chi connectivity index (χ3v) is 2.79. The van der Waals surface area contributed by atoms with Gasteiger partial charge < -0.3 is 10.7 Å². The average Bonchev–Trinajstić information content (AvgIpc) is 2.54. The number of hydrogen-bond donors (Lipinski definition) is 2. The highest BCUT2D eigenvalue weighted by Gasteiger charge is 2.03. The highest BCUT2D eigenvalue weighted by atomic mass is 32.1. The SMILES string of the molecule is NCc1c[nH]c(=O)c2ccsc12. The van der Waals surface area contributed by atoms with Crippen LogP contribution in [0.25, 0.3) is 10.1 Å². The summed E-state index contributed by atoms with van der Waals surface area (Å²) in [6, 6.07) is 1.82. The van der Waals surface area contributed by atoms with Gasteiger partial charge in [0.05, 0.1) is 5.39 Å². The standard InChI is InChI=1S/C8H8N2OS/c9-3-5-4-10-8(11)6-1-2-12-7(5)6/h1-2,4H,3,9H2,(H,10,11). The van der Waals surface area contributed by atoms with Gasteiger partial charge in [0.2, 0.25) is 0 Å². The minimum atomic E-state index is -0.0385. The summed E-state index contributed by atoms with van der Waals surface area (Å²) in [4.78, 5) is 13.9. The lowest BCUT2D eigenvalue weighted by molar-refractivity contribution is 1.06. The van der Waals surface area contributed by atoms with Gasteiger partial charge in [-0.15, -0.1) is 11.3 Å². The Bertz CT molecular complexity index is 457. The van der Waals surface area contributed by atoms with E-state index in [4.69, 9.17) is 5.73 Å². The molecule has 0 radical (unpaired) electrons. The number of nitrogens with two attached hydrogens (primary N) is 1. The Morgan fingerprint density at radius 2 is 2.42 bits per heavy atom. The molecule has 2 aromatic rings. The molecule has 0 fully saturated rings. The van der Waals surface area contributed by atoms with E-state index < -0.39 is 0 Å². The van der Waals surface area contributed by atoms with Crippen molar-refractivity contribution in [3.63, 3.8) is 0 Å². The van der Waals surface area contributed by atoms with Crippen LogP contribution in [0, 0.1) is 0 Å². The van der Waals surface area contributed by atoms with Gasteiger partial charge in [-0.3, -0.25) is 4.79 Å². The van der Waals surface area contributed by atoms with Crippen molar-refractivity contribution in [1.29, 1.82) is 0 Å². The second kappa shape index (κ2) is 2.73. The van der Waals surface area contributed by atoms with Gasteiger partial charge in [-0.1, -0.05) is 0 Å². The summed E-state index contributed by atoms with van der Waals surface area (Å²) in [5.41, 5.74) is 6.47. The number of aromatic nitrogens is 1. The Labute approximate surface area is 72.8 Å². The molecule has 0 aliphatic carbocycles. The molecule has 0 aliphatic heterocycles. The maximum atomic E-state index is 11.2. The van der Waals surface area contributed by atoms with Gasteiger partial charge in [-0.2, -0.15) is 0 Å². The van der Waals surface area contributed by atoms with Gasteiger partial charge in [-0.25, -0.2) is 0 Å². The molecule has 0 bridgehead atoms. The molecule has 3 N–H and O–H groups in total. The number of H-pyrrole nitrogens is 1. The molecular weight excluding hydrogens is 172 g/mol. The van der Waals surface area contributed by atoms with E-state index >= 15 is 0 Å². The van der Waals surface area contributed by atoms with Crippen molar-refractivity contribution >= 4 is 21.4 Å². The molecule has 0 saturated carbocycles. The van der Waals surface area contributed by atoms with Crippen molar-refractivity contribution < 1.29 is 0 Å². The summed E-state index contributed by atoms with van der Waals surface area (Å²) in [6.07, 6.45) is 1.68. The summed E-state index contributed by atoms with van der Waals surface area (Å²) < 4.78 is 1.00. The van der Waals surface area contributed by atoms with Crippen LogP contribution in [0.3, 0.4) is 0 Å². The van der Waals surface area contributed by atoms with Crippen LogP contribution in [-0.4, -0.2) is 4.98 Å². The first kappa shape index (κ1) is 7.52. The molecule has 2 rings (SSSR count). The second-order valence-corrected chi connectivity index (χ2v) is 3.43. The lowest BCUT2D eigenvalue weighted by Crippen LogP contribution is -2.07. The first-order valence-electron chi connectivity index (χ1n) is 3.61. The number of thiophene rings is 1. The quantitative estimate of drug-likeness (QED) is 0.689. The summed E-state index contributed by atoms with van der Waals surface area (Å²) in [5, 5.41) is 2.64. The van der Waals surface area contributed by atoms with Crippen LogP contribution in [0.5, 0.6) is 0 Å². The van der Waals surface area contributed by atoms with Crippen LogP contribution in [-0.2, 0) is 6.54 Å². The monoisotopic (exact) mass is 180 g/mol.